The third-order valence-electron chi connectivity index (χ3n) is 2.60. The van der Waals surface area contributed by atoms with Crippen molar-refractivity contribution in [3.63, 3.8) is 0 Å². The maximum absolute atomic E-state index is 8.94. The minimum absolute atomic E-state index is 0.124. The summed E-state index contributed by atoms with van der Waals surface area (Å²) in [5.41, 5.74) is 0.985. The summed E-state index contributed by atoms with van der Waals surface area (Å²) in [5.74, 6) is 1.01. The van der Waals surface area contributed by atoms with Gasteiger partial charge in [-0.2, -0.15) is 5.10 Å². The van der Waals surface area contributed by atoms with Crippen LogP contribution in [0.5, 0.6) is 0 Å². The second kappa shape index (κ2) is 6.53. The number of rotatable bonds is 7. The van der Waals surface area contributed by atoms with E-state index in [2.05, 4.69) is 24.3 Å². The Balaban J connectivity index is 2.57. The topological polar surface area (TPSA) is 50.1 Å². The zero-order valence-electron chi connectivity index (χ0n) is 10.5. The monoisotopic (exact) mass is 225 g/mol. The maximum atomic E-state index is 8.94. The molecule has 0 fully saturated rings. The summed E-state index contributed by atoms with van der Waals surface area (Å²) in [6, 6.07) is 2.48. The predicted molar refractivity (Wildman–Crippen MR) is 66.7 cm³/mol. The molecule has 4 heteroatoms. The summed E-state index contributed by atoms with van der Waals surface area (Å²) < 4.78 is 1.83. The lowest BCUT2D eigenvalue weighted by molar-refractivity contribution is 0.270. The highest BCUT2D eigenvalue weighted by molar-refractivity contribution is 5.37. The summed E-state index contributed by atoms with van der Waals surface area (Å²) >= 11 is 0. The van der Waals surface area contributed by atoms with Crippen molar-refractivity contribution in [1.82, 2.24) is 9.78 Å². The quantitative estimate of drug-likeness (QED) is 0.747. The Morgan fingerprint density at radius 2 is 2.31 bits per heavy atom. The Hall–Kier alpha value is -1.03. The van der Waals surface area contributed by atoms with Crippen LogP contribution in [-0.2, 0) is 6.54 Å². The molecule has 0 amide bonds. The van der Waals surface area contributed by atoms with E-state index in [1.807, 2.05) is 17.7 Å². The van der Waals surface area contributed by atoms with Crippen LogP contribution >= 0.6 is 0 Å². The molecule has 0 saturated heterocycles. The molecular formula is C12H23N3O. The lowest BCUT2D eigenvalue weighted by Gasteiger charge is -2.15. The van der Waals surface area contributed by atoms with Crippen LogP contribution in [0.4, 0.5) is 5.82 Å². The standard InChI is InChI=1S/C12H23N3O/c1-4-5-6-10(2)13-12-9-11(3)14-15(12)7-8-16/h9-10,13,16H,4-8H2,1-3H3. The Bertz CT molecular complexity index is 309. The Morgan fingerprint density at radius 3 is 2.94 bits per heavy atom. The zero-order chi connectivity index (χ0) is 12.0. The number of aromatic nitrogens is 2. The van der Waals surface area contributed by atoms with E-state index in [0.717, 1.165) is 11.5 Å². The first-order chi connectivity index (χ1) is 7.67. The van der Waals surface area contributed by atoms with E-state index in [9.17, 15) is 0 Å². The summed E-state index contributed by atoms with van der Waals surface area (Å²) in [7, 11) is 0. The van der Waals surface area contributed by atoms with Crippen LogP contribution in [0.2, 0.25) is 0 Å². The van der Waals surface area contributed by atoms with Crippen LogP contribution in [0.15, 0.2) is 6.07 Å². The molecule has 0 aliphatic carbocycles. The smallest absolute Gasteiger partial charge is 0.124 e. The first-order valence-corrected chi connectivity index (χ1v) is 6.09. The van der Waals surface area contributed by atoms with Gasteiger partial charge in [-0.05, 0) is 20.3 Å². The largest absolute Gasteiger partial charge is 0.394 e. The van der Waals surface area contributed by atoms with E-state index in [-0.39, 0.29) is 6.61 Å². The van der Waals surface area contributed by atoms with Crippen LogP contribution in [0.25, 0.3) is 0 Å². The Morgan fingerprint density at radius 1 is 1.56 bits per heavy atom. The van der Waals surface area contributed by atoms with Gasteiger partial charge in [-0.25, -0.2) is 4.68 Å². The molecule has 1 aromatic heterocycles. The molecule has 4 nitrogen and oxygen atoms in total. The van der Waals surface area contributed by atoms with Gasteiger partial charge in [-0.1, -0.05) is 19.8 Å². The van der Waals surface area contributed by atoms with Crippen molar-refractivity contribution in [2.24, 2.45) is 0 Å². The SMILES string of the molecule is CCCCC(C)Nc1cc(C)nn1CCO. The first-order valence-electron chi connectivity index (χ1n) is 6.09. The van der Waals surface area contributed by atoms with Gasteiger partial charge in [-0.15, -0.1) is 0 Å². The fourth-order valence-electron chi connectivity index (χ4n) is 1.76. The molecule has 0 spiro atoms. The van der Waals surface area contributed by atoms with Crippen molar-refractivity contribution in [2.75, 3.05) is 11.9 Å². The van der Waals surface area contributed by atoms with E-state index in [1.54, 1.807) is 0 Å². The van der Waals surface area contributed by atoms with Gasteiger partial charge in [0.05, 0.1) is 18.8 Å². The molecule has 1 rings (SSSR count). The predicted octanol–water partition coefficient (Wildman–Crippen LogP) is 2.17. The number of hydrogen-bond acceptors (Lipinski definition) is 3. The van der Waals surface area contributed by atoms with Crippen molar-refractivity contribution < 1.29 is 5.11 Å². The molecule has 2 N–H and O–H groups in total. The molecule has 0 radical (unpaired) electrons. The van der Waals surface area contributed by atoms with Gasteiger partial charge < -0.3 is 10.4 Å². The lowest BCUT2D eigenvalue weighted by Crippen LogP contribution is -2.18. The number of nitrogens with one attached hydrogen (secondary N) is 1. The summed E-state index contributed by atoms with van der Waals surface area (Å²) in [6.45, 7) is 7.03. The van der Waals surface area contributed by atoms with Crippen molar-refractivity contribution in [3.8, 4) is 0 Å². The highest BCUT2D eigenvalue weighted by atomic mass is 16.3. The van der Waals surface area contributed by atoms with Gasteiger partial charge >= 0.3 is 0 Å². The Kier molecular flexibility index (Phi) is 5.32. The van der Waals surface area contributed by atoms with E-state index in [4.69, 9.17) is 5.11 Å². The number of aliphatic hydroxyl groups excluding tert-OH is 1. The molecule has 92 valence electrons. The molecule has 16 heavy (non-hydrogen) atoms. The summed E-state index contributed by atoms with van der Waals surface area (Å²) in [5, 5.41) is 16.7. The highest BCUT2D eigenvalue weighted by Crippen LogP contribution is 2.13. The lowest BCUT2D eigenvalue weighted by atomic mass is 10.1. The van der Waals surface area contributed by atoms with E-state index in [1.165, 1.54) is 19.3 Å². The summed E-state index contributed by atoms with van der Waals surface area (Å²) in [6.07, 6.45) is 3.63. The van der Waals surface area contributed by atoms with Crippen molar-refractivity contribution in [2.45, 2.75) is 52.6 Å². The van der Waals surface area contributed by atoms with E-state index in [0.29, 0.717) is 12.6 Å². The molecule has 0 saturated carbocycles. The molecule has 1 unspecified atom stereocenters. The molecule has 1 atom stereocenters. The number of nitrogens with zero attached hydrogens (tertiary/aromatic N) is 2. The summed E-state index contributed by atoms with van der Waals surface area (Å²) in [4.78, 5) is 0. The van der Waals surface area contributed by atoms with Crippen molar-refractivity contribution in [1.29, 1.82) is 0 Å². The molecule has 0 bridgehead atoms. The normalized spacial score (nSPS) is 12.8. The van der Waals surface area contributed by atoms with Crippen LogP contribution in [0.3, 0.4) is 0 Å². The number of aliphatic hydroxyl groups is 1. The van der Waals surface area contributed by atoms with Gasteiger partial charge in [0, 0.05) is 12.1 Å². The van der Waals surface area contributed by atoms with E-state index < -0.39 is 0 Å². The number of anilines is 1. The van der Waals surface area contributed by atoms with E-state index >= 15 is 0 Å². The highest BCUT2D eigenvalue weighted by Gasteiger charge is 2.07. The second-order valence-corrected chi connectivity index (χ2v) is 4.31. The third kappa shape index (κ3) is 3.85. The van der Waals surface area contributed by atoms with Gasteiger partial charge in [0.15, 0.2) is 0 Å². The third-order valence-corrected chi connectivity index (χ3v) is 2.60. The van der Waals surface area contributed by atoms with Gasteiger partial charge in [0.1, 0.15) is 5.82 Å². The van der Waals surface area contributed by atoms with Gasteiger partial charge in [0.25, 0.3) is 0 Å². The van der Waals surface area contributed by atoms with Gasteiger partial charge in [0.2, 0.25) is 0 Å². The Labute approximate surface area is 97.7 Å². The molecular weight excluding hydrogens is 202 g/mol. The first kappa shape index (κ1) is 13.0. The maximum Gasteiger partial charge on any atom is 0.124 e. The minimum Gasteiger partial charge on any atom is -0.394 e. The molecule has 0 aliphatic heterocycles. The number of unbranched alkanes of at least 4 members (excludes halogenated alkanes) is 1. The average Bonchev–Trinajstić information content (AvgIpc) is 2.56. The molecule has 0 aliphatic rings. The van der Waals surface area contributed by atoms with Crippen LogP contribution in [-0.4, -0.2) is 27.5 Å². The fourth-order valence-corrected chi connectivity index (χ4v) is 1.76. The van der Waals surface area contributed by atoms with Gasteiger partial charge in [-0.3, -0.25) is 0 Å². The van der Waals surface area contributed by atoms with Crippen LogP contribution in [0.1, 0.15) is 38.8 Å². The average molecular weight is 225 g/mol. The molecule has 1 aromatic rings. The number of hydrogen-bond donors (Lipinski definition) is 2. The van der Waals surface area contributed by atoms with Crippen LogP contribution < -0.4 is 5.32 Å². The fraction of sp³-hybridized carbons (Fsp3) is 0.750. The second-order valence-electron chi connectivity index (χ2n) is 4.31. The minimum atomic E-state index is 0.124. The van der Waals surface area contributed by atoms with Crippen molar-refractivity contribution >= 4 is 5.82 Å². The van der Waals surface area contributed by atoms with Crippen LogP contribution in [0, 0.1) is 6.92 Å². The molecule has 0 aromatic carbocycles. The zero-order valence-corrected chi connectivity index (χ0v) is 10.5. The molecule has 1 heterocycles. The number of aryl methyl sites for hydroxylation is 1. The van der Waals surface area contributed by atoms with Crippen molar-refractivity contribution in [3.05, 3.63) is 11.8 Å².